The van der Waals surface area contributed by atoms with Crippen molar-refractivity contribution >= 4 is 28.6 Å². The lowest BCUT2D eigenvalue weighted by Crippen LogP contribution is -2.50. The highest BCUT2D eigenvalue weighted by atomic mass is 32.2. The van der Waals surface area contributed by atoms with Crippen LogP contribution in [0.1, 0.15) is 38.1 Å². The van der Waals surface area contributed by atoms with Gasteiger partial charge in [-0.3, -0.25) is 4.79 Å². The van der Waals surface area contributed by atoms with Crippen molar-refractivity contribution in [1.29, 1.82) is 0 Å². The fourth-order valence-electron chi connectivity index (χ4n) is 2.40. The molecule has 0 saturated carbocycles. The summed E-state index contributed by atoms with van der Waals surface area (Å²) in [7, 11) is 0.188. The lowest BCUT2D eigenvalue weighted by molar-refractivity contribution is 0.0956. The smallest absolute Gasteiger partial charge is 0.217 e. The highest BCUT2D eigenvalue weighted by Crippen LogP contribution is 2.28. The monoisotopic (exact) mass is 326 g/mol. The van der Waals surface area contributed by atoms with Crippen molar-refractivity contribution in [2.24, 2.45) is 0 Å². The average Bonchev–Trinajstić information content (AvgIpc) is 2.56. The topological polar surface area (TPSA) is 20.3 Å². The Morgan fingerprint density at radius 3 is 2.14 bits per heavy atom. The predicted molar refractivity (Wildman–Crippen MR) is 98.4 cm³/mol. The third kappa shape index (κ3) is 4.76. The summed E-state index contributed by atoms with van der Waals surface area (Å²) in [6, 6.07) is 9.73. The second kappa shape index (κ2) is 8.86. The molecule has 1 fully saturated rings. The minimum Gasteiger partial charge on any atom is -0.288 e. The van der Waals surface area contributed by atoms with Crippen LogP contribution in [0, 0.1) is 0 Å². The fraction of sp³-hybridized carbons (Fsp3) is 0.588. The molecule has 0 N–H and O–H groups in total. The highest BCUT2D eigenvalue weighted by molar-refractivity contribution is 7.99. The Hall–Kier alpha value is -0.450. The van der Waals surface area contributed by atoms with Crippen LogP contribution in [0.15, 0.2) is 30.3 Å². The lowest BCUT2D eigenvalue weighted by atomic mass is 10.0. The van der Waals surface area contributed by atoms with Crippen LogP contribution in [0.3, 0.4) is 0 Å². The number of hydrogen-bond donors (Lipinski definition) is 0. The predicted octanol–water partition coefficient (Wildman–Crippen LogP) is 3.89. The molecule has 2 nitrogen and oxygen atoms in total. The summed E-state index contributed by atoms with van der Waals surface area (Å²) in [6.07, 6.45) is 2.13. The molecule has 2 rings (SSSR count). The molecule has 0 bridgehead atoms. The van der Waals surface area contributed by atoms with E-state index < -0.39 is 0 Å². The van der Waals surface area contributed by atoms with Gasteiger partial charge in [0.25, 0.3) is 0 Å². The van der Waals surface area contributed by atoms with Gasteiger partial charge >= 0.3 is 0 Å². The molecule has 118 valence electrons. The molecule has 0 unspecified atom stereocenters. The zero-order valence-corrected chi connectivity index (χ0v) is 15.5. The number of benzene rings is 1. The third-order valence-electron chi connectivity index (χ3n) is 3.74. The third-order valence-corrected chi connectivity index (χ3v) is 7.60. The SMILES string of the molecule is CC.CSN1CC[S+](C(C)(C)C(=O)c2ccccc2)CC1. The molecule has 1 aliphatic heterocycles. The van der Waals surface area contributed by atoms with E-state index in [1.807, 2.05) is 56.1 Å². The molecule has 0 atom stereocenters. The summed E-state index contributed by atoms with van der Waals surface area (Å²) in [5, 5.41) is 0. The number of carbonyl (C=O) groups excluding carboxylic acids is 1. The van der Waals surface area contributed by atoms with E-state index in [1.165, 1.54) is 0 Å². The van der Waals surface area contributed by atoms with E-state index in [1.54, 1.807) is 0 Å². The molecule has 1 aromatic carbocycles. The van der Waals surface area contributed by atoms with Crippen molar-refractivity contribution in [3.05, 3.63) is 35.9 Å². The van der Waals surface area contributed by atoms with Crippen LogP contribution in [0.5, 0.6) is 0 Å². The minimum atomic E-state index is -0.230. The van der Waals surface area contributed by atoms with E-state index in [0.717, 1.165) is 30.2 Å². The molecule has 4 heteroatoms. The molecule has 1 aliphatic rings. The Morgan fingerprint density at radius 1 is 1.14 bits per heavy atom. The van der Waals surface area contributed by atoms with Crippen LogP contribution in [-0.4, -0.2) is 45.7 Å². The number of carbonyl (C=O) groups is 1. The molecular formula is C17H28NOS2+. The molecule has 1 heterocycles. The van der Waals surface area contributed by atoms with E-state index in [-0.39, 0.29) is 15.6 Å². The van der Waals surface area contributed by atoms with Gasteiger partial charge in [-0.15, -0.1) is 0 Å². The summed E-state index contributed by atoms with van der Waals surface area (Å²) < 4.78 is 2.17. The number of nitrogens with zero attached hydrogens (tertiary/aromatic N) is 1. The van der Waals surface area contributed by atoms with Gasteiger partial charge in [-0.2, -0.15) is 0 Å². The Bertz CT molecular complexity index is 426. The first-order valence-electron chi connectivity index (χ1n) is 7.62. The van der Waals surface area contributed by atoms with Crippen LogP contribution < -0.4 is 0 Å². The van der Waals surface area contributed by atoms with Gasteiger partial charge in [-0.25, -0.2) is 4.31 Å². The zero-order chi connectivity index (χ0) is 15.9. The minimum absolute atomic E-state index is 0.188. The van der Waals surface area contributed by atoms with Gasteiger partial charge in [-0.05, 0) is 20.1 Å². The zero-order valence-electron chi connectivity index (χ0n) is 13.9. The van der Waals surface area contributed by atoms with Crippen molar-refractivity contribution in [2.75, 3.05) is 30.9 Å². The Morgan fingerprint density at radius 2 is 1.67 bits per heavy atom. The summed E-state index contributed by atoms with van der Waals surface area (Å²) in [5.41, 5.74) is 0.854. The molecular weight excluding hydrogens is 298 g/mol. The summed E-state index contributed by atoms with van der Waals surface area (Å²) in [5.74, 6) is 2.59. The summed E-state index contributed by atoms with van der Waals surface area (Å²) >= 11 is 1.82. The number of hydrogen-bond acceptors (Lipinski definition) is 3. The lowest BCUT2D eigenvalue weighted by Gasteiger charge is -2.31. The standard InChI is InChI=1S/C15H22NOS2.C2H6/c1-15(2,14(17)13-7-5-4-6-8-13)19-11-9-16(18-3)10-12-19;1-2/h4-8H,9-12H2,1-3H3;1-2H3/q+1;. The van der Waals surface area contributed by atoms with E-state index in [2.05, 4.69) is 24.4 Å². The first-order valence-corrected chi connectivity index (χ1v) is 10.4. The molecule has 0 aliphatic carbocycles. The second-order valence-corrected chi connectivity index (χ2v) is 8.92. The van der Waals surface area contributed by atoms with Crippen molar-refractivity contribution in [3.8, 4) is 0 Å². The van der Waals surface area contributed by atoms with Crippen LogP contribution in [0.4, 0.5) is 0 Å². The van der Waals surface area contributed by atoms with Gasteiger partial charge in [0.1, 0.15) is 11.5 Å². The van der Waals surface area contributed by atoms with Gasteiger partial charge in [0.2, 0.25) is 5.78 Å². The van der Waals surface area contributed by atoms with Crippen molar-refractivity contribution in [2.45, 2.75) is 32.4 Å². The van der Waals surface area contributed by atoms with Gasteiger partial charge < -0.3 is 0 Å². The normalized spacial score (nSPS) is 17.0. The van der Waals surface area contributed by atoms with Crippen molar-refractivity contribution in [1.82, 2.24) is 4.31 Å². The molecule has 0 amide bonds. The second-order valence-electron chi connectivity index (χ2n) is 5.22. The molecule has 0 radical (unpaired) electrons. The molecule has 1 saturated heterocycles. The Labute approximate surface area is 137 Å². The van der Waals surface area contributed by atoms with Gasteiger partial charge in [0.05, 0.1) is 13.1 Å². The number of rotatable bonds is 4. The summed E-state index contributed by atoms with van der Waals surface area (Å²) in [4.78, 5) is 12.7. The maximum atomic E-state index is 12.7. The van der Waals surface area contributed by atoms with Crippen molar-refractivity contribution < 1.29 is 4.79 Å². The highest BCUT2D eigenvalue weighted by Gasteiger charge is 2.46. The molecule has 1 aromatic rings. The summed E-state index contributed by atoms with van der Waals surface area (Å²) in [6.45, 7) is 10.5. The fourth-order valence-corrected chi connectivity index (χ4v) is 5.66. The van der Waals surface area contributed by atoms with Gasteiger partial charge in [-0.1, -0.05) is 56.1 Å². The van der Waals surface area contributed by atoms with Crippen LogP contribution >= 0.6 is 11.9 Å². The molecule has 21 heavy (non-hydrogen) atoms. The van der Waals surface area contributed by atoms with Crippen LogP contribution in [0.25, 0.3) is 0 Å². The maximum absolute atomic E-state index is 12.7. The van der Waals surface area contributed by atoms with E-state index in [0.29, 0.717) is 5.78 Å². The molecule has 0 spiro atoms. The van der Waals surface area contributed by atoms with Gasteiger partial charge in [0, 0.05) is 16.5 Å². The van der Waals surface area contributed by atoms with E-state index in [9.17, 15) is 4.79 Å². The van der Waals surface area contributed by atoms with Crippen LogP contribution in [0.2, 0.25) is 0 Å². The quantitative estimate of drug-likeness (QED) is 0.476. The van der Waals surface area contributed by atoms with Crippen molar-refractivity contribution in [3.63, 3.8) is 0 Å². The number of Topliss-reactive ketones (excluding diaryl/α,β-unsaturated/α-hetero) is 1. The van der Waals surface area contributed by atoms with Crippen LogP contribution in [-0.2, 0) is 10.9 Å². The molecule has 0 aromatic heterocycles. The largest absolute Gasteiger partial charge is 0.288 e. The average molecular weight is 327 g/mol. The Balaban J connectivity index is 0.00000106. The van der Waals surface area contributed by atoms with E-state index >= 15 is 0 Å². The number of ketones is 1. The van der Waals surface area contributed by atoms with E-state index in [4.69, 9.17) is 0 Å². The Kier molecular flexibility index (Phi) is 7.85. The maximum Gasteiger partial charge on any atom is 0.217 e. The van der Waals surface area contributed by atoms with Gasteiger partial charge in [0.15, 0.2) is 4.75 Å². The first kappa shape index (κ1) is 18.6. The first-order chi connectivity index (χ1) is 10.1.